The van der Waals surface area contributed by atoms with Gasteiger partial charge in [-0.25, -0.2) is 9.50 Å². The molecule has 5 heterocycles. The number of primary amides is 1. The lowest BCUT2D eigenvalue weighted by molar-refractivity contribution is 0.0994. The van der Waals surface area contributed by atoms with Gasteiger partial charge in [0.1, 0.15) is 17.6 Å². The predicted octanol–water partition coefficient (Wildman–Crippen LogP) is 4.82. The molecule has 0 bridgehead atoms. The number of anilines is 1. The maximum absolute atomic E-state index is 11.9. The molecule has 1 aliphatic heterocycles. The molecule has 1 fully saturated rings. The summed E-state index contributed by atoms with van der Waals surface area (Å²) in [6.45, 7) is 3.82. The fraction of sp³-hybridized carbons (Fsp3) is 0.269. The summed E-state index contributed by atoms with van der Waals surface area (Å²) in [5, 5.41) is 13.8. The fourth-order valence-corrected chi connectivity index (χ4v) is 5.72. The number of carbonyl (C=O) groups excluding carboxylic acids is 1. The monoisotopic (exact) mass is 563 g/mol. The molecule has 0 atom stereocenters. The Balaban J connectivity index is 1.38. The minimum absolute atomic E-state index is 0.147. The third-order valence-electron chi connectivity index (χ3n) is 7.02. The zero-order valence-electron chi connectivity index (χ0n) is 19.6. The molecule has 4 aromatic heterocycles. The van der Waals surface area contributed by atoms with Crippen LogP contribution in [0.15, 0.2) is 53.5 Å². The van der Waals surface area contributed by atoms with E-state index in [-0.39, 0.29) is 17.0 Å². The molecule has 8 nitrogen and oxygen atoms in total. The second kappa shape index (κ2) is 9.52. The molecule has 182 valence electrons. The van der Waals surface area contributed by atoms with E-state index in [4.69, 9.17) is 22.3 Å². The highest BCUT2D eigenvalue weighted by atomic mass is 79.9. The zero-order valence-corrected chi connectivity index (χ0v) is 21.9. The lowest BCUT2D eigenvalue weighted by atomic mass is 9.73. The van der Waals surface area contributed by atoms with E-state index in [0.29, 0.717) is 5.56 Å². The summed E-state index contributed by atoms with van der Waals surface area (Å²) in [6, 6.07) is 10.2. The highest BCUT2D eigenvalue weighted by Crippen LogP contribution is 2.39. The number of carbonyl (C=O) groups is 1. The Morgan fingerprint density at radius 3 is 2.67 bits per heavy atom. The maximum atomic E-state index is 11.9. The van der Waals surface area contributed by atoms with Gasteiger partial charge in [0, 0.05) is 52.8 Å². The van der Waals surface area contributed by atoms with Crippen LogP contribution in [0.25, 0.3) is 16.6 Å². The van der Waals surface area contributed by atoms with E-state index in [1.165, 1.54) is 0 Å². The summed E-state index contributed by atoms with van der Waals surface area (Å²) in [6.07, 6.45) is 8.62. The standard InChI is InChI=1S/C26H23BrClN7O/c1-26(21-4-7-31-23(25(30)36)20(21)11-28)5-8-34(9-6-26)22-3-2-16(13-32-22)19-10-18(27)15-35-24(19)17(12-29)14-33-35/h2-4,7,10,13-15H,5-6,8-9,11H2,1H3,(H2,30,36). The minimum atomic E-state index is -0.557. The molecular formula is C26H23BrClN7O. The number of piperidine rings is 1. The average Bonchev–Trinajstić information content (AvgIpc) is 3.31. The van der Waals surface area contributed by atoms with Crippen molar-refractivity contribution >= 4 is 44.8 Å². The molecule has 2 N–H and O–H groups in total. The average molecular weight is 565 g/mol. The van der Waals surface area contributed by atoms with Crippen LogP contribution in [-0.4, -0.2) is 38.6 Å². The first-order valence-electron chi connectivity index (χ1n) is 11.5. The van der Waals surface area contributed by atoms with Crippen molar-refractivity contribution in [2.75, 3.05) is 18.0 Å². The van der Waals surface area contributed by atoms with Gasteiger partial charge in [-0.15, -0.1) is 11.6 Å². The van der Waals surface area contributed by atoms with E-state index >= 15 is 0 Å². The molecule has 0 unspecified atom stereocenters. The third-order valence-corrected chi connectivity index (χ3v) is 7.72. The molecule has 36 heavy (non-hydrogen) atoms. The van der Waals surface area contributed by atoms with Crippen LogP contribution in [-0.2, 0) is 11.3 Å². The smallest absolute Gasteiger partial charge is 0.267 e. The van der Waals surface area contributed by atoms with E-state index in [0.717, 1.165) is 64.0 Å². The quantitative estimate of drug-likeness (QED) is 0.348. The van der Waals surface area contributed by atoms with Gasteiger partial charge < -0.3 is 10.6 Å². The Hall–Kier alpha value is -3.48. The second-order valence-corrected chi connectivity index (χ2v) is 10.4. The van der Waals surface area contributed by atoms with E-state index in [1.807, 2.05) is 36.7 Å². The van der Waals surface area contributed by atoms with E-state index in [1.54, 1.807) is 16.9 Å². The first kappa shape index (κ1) is 24.2. The molecule has 0 aliphatic carbocycles. The maximum Gasteiger partial charge on any atom is 0.267 e. The summed E-state index contributed by atoms with van der Waals surface area (Å²) in [4.78, 5) is 23.0. The van der Waals surface area contributed by atoms with Gasteiger partial charge in [0.25, 0.3) is 5.91 Å². The van der Waals surface area contributed by atoms with E-state index in [9.17, 15) is 10.1 Å². The normalized spacial score (nSPS) is 15.1. The number of hydrogen-bond acceptors (Lipinski definition) is 6. The Morgan fingerprint density at radius 2 is 2.03 bits per heavy atom. The number of fused-ring (bicyclic) bond motifs is 1. The van der Waals surface area contributed by atoms with Crippen LogP contribution in [0.1, 0.15) is 46.9 Å². The number of aromatic nitrogens is 4. The van der Waals surface area contributed by atoms with Crippen LogP contribution in [0.3, 0.4) is 0 Å². The molecule has 4 aromatic rings. The summed E-state index contributed by atoms with van der Waals surface area (Å²) in [5.74, 6) is 0.529. The highest BCUT2D eigenvalue weighted by Gasteiger charge is 2.35. The summed E-state index contributed by atoms with van der Waals surface area (Å²) < 4.78 is 2.57. The van der Waals surface area contributed by atoms with Crippen molar-refractivity contribution in [3.63, 3.8) is 0 Å². The SMILES string of the molecule is CC1(c2ccnc(C(N)=O)c2CCl)CCN(c2ccc(-c3cc(Br)cn4ncc(C#N)c34)cn2)CC1. The highest BCUT2D eigenvalue weighted by molar-refractivity contribution is 9.10. The molecular weight excluding hydrogens is 542 g/mol. The van der Waals surface area contributed by atoms with Crippen molar-refractivity contribution in [1.82, 2.24) is 19.6 Å². The first-order valence-corrected chi connectivity index (χ1v) is 12.8. The van der Waals surface area contributed by atoms with Crippen molar-refractivity contribution < 1.29 is 4.79 Å². The van der Waals surface area contributed by atoms with Crippen molar-refractivity contribution in [3.05, 3.63) is 75.9 Å². The lowest BCUT2D eigenvalue weighted by Gasteiger charge is -2.41. The van der Waals surface area contributed by atoms with Gasteiger partial charge in [0.15, 0.2) is 0 Å². The first-order chi connectivity index (χ1) is 17.3. The van der Waals surface area contributed by atoms with Crippen LogP contribution in [0.5, 0.6) is 0 Å². The van der Waals surface area contributed by atoms with E-state index in [2.05, 4.69) is 43.9 Å². The molecule has 0 aromatic carbocycles. The minimum Gasteiger partial charge on any atom is -0.364 e. The van der Waals surface area contributed by atoms with Crippen molar-refractivity contribution in [1.29, 1.82) is 5.26 Å². The Bertz CT molecular complexity index is 1500. The Kier molecular flexibility index (Phi) is 6.41. The number of nitrogens with zero attached hydrogens (tertiary/aromatic N) is 6. The topological polar surface area (TPSA) is 113 Å². The number of halogens is 2. The molecule has 1 aliphatic rings. The van der Waals surface area contributed by atoms with Gasteiger partial charge in [-0.1, -0.05) is 6.92 Å². The Labute approximate surface area is 221 Å². The third kappa shape index (κ3) is 4.21. The molecule has 10 heteroatoms. The number of pyridine rings is 3. The summed E-state index contributed by atoms with van der Waals surface area (Å²) in [7, 11) is 0. The molecule has 1 amide bonds. The number of amides is 1. The van der Waals surface area contributed by atoms with Crippen LogP contribution < -0.4 is 10.6 Å². The largest absolute Gasteiger partial charge is 0.364 e. The van der Waals surface area contributed by atoms with Crippen molar-refractivity contribution in [2.45, 2.75) is 31.1 Å². The van der Waals surface area contributed by atoms with Crippen LogP contribution in [0.4, 0.5) is 5.82 Å². The number of nitrogens with two attached hydrogens (primary N) is 1. The summed E-state index contributed by atoms with van der Waals surface area (Å²) in [5.41, 5.74) is 10.5. The predicted molar refractivity (Wildman–Crippen MR) is 142 cm³/mol. The van der Waals surface area contributed by atoms with Crippen molar-refractivity contribution in [3.8, 4) is 17.2 Å². The fourth-order valence-electron chi connectivity index (χ4n) is 5.03. The zero-order chi connectivity index (χ0) is 25.4. The molecule has 0 saturated carbocycles. The summed E-state index contributed by atoms with van der Waals surface area (Å²) >= 11 is 9.75. The lowest BCUT2D eigenvalue weighted by Crippen LogP contribution is -2.42. The Morgan fingerprint density at radius 1 is 1.25 bits per heavy atom. The van der Waals surface area contributed by atoms with E-state index < -0.39 is 5.91 Å². The van der Waals surface area contributed by atoms with Gasteiger partial charge >= 0.3 is 0 Å². The number of alkyl halides is 1. The van der Waals surface area contributed by atoms with Crippen LogP contribution in [0.2, 0.25) is 0 Å². The molecule has 0 radical (unpaired) electrons. The number of nitriles is 1. The second-order valence-electron chi connectivity index (χ2n) is 9.17. The number of rotatable bonds is 5. The number of hydrogen-bond donors (Lipinski definition) is 1. The van der Waals surface area contributed by atoms with Gasteiger partial charge in [-0.05, 0) is 64.0 Å². The van der Waals surface area contributed by atoms with Crippen LogP contribution in [0, 0.1) is 11.3 Å². The van der Waals surface area contributed by atoms with Gasteiger partial charge in [0.2, 0.25) is 0 Å². The molecule has 5 rings (SSSR count). The molecule has 1 saturated heterocycles. The van der Waals surface area contributed by atoms with Gasteiger partial charge in [-0.2, -0.15) is 10.4 Å². The van der Waals surface area contributed by atoms with Crippen LogP contribution >= 0.6 is 27.5 Å². The van der Waals surface area contributed by atoms with Gasteiger partial charge in [-0.3, -0.25) is 9.78 Å². The molecule has 0 spiro atoms. The van der Waals surface area contributed by atoms with Gasteiger partial charge in [0.05, 0.1) is 23.2 Å². The van der Waals surface area contributed by atoms with Crippen molar-refractivity contribution in [2.24, 2.45) is 5.73 Å².